The van der Waals surface area contributed by atoms with Crippen molar-refractivity contribution in [3.8, 4) is 0 Å². The summed E-state index contributed by atoms with van der Waals surface area (Å²) in [5.41, 5.74) is 5.97. The van der Waals surface area contributed by atoms with Crippen molar-refractivity contribution in [1.82, 2.24) is 4.98 Å². The van der Waals surface area contributed by atoms with E-state index in [0.717, 1.165) is 24.2 Å². The molecule has 1 aromatic rings. The second-order valence-electron chi connectivity index (χ2n) is 2.77. The average Bonchev–Trinajstić information content (AvgIpc) is 2.75. The zero-order valence-corrected chi connectivity index (χ0v) is 8.23. The Morgan fingerprint density at radius 1 is 1.62 bits per heavy atom. The van der Waals surface area contributed by atoms with Gasteiger partial charge in [-0.1, -0.05) is 0 Å². The van der Waals surface area contributed by atoms with Crippen molar-refractivity contribution < 1.29 is 4.92 Å². The highest BCUT2D eigenvalue weighted by Crippen LogP contribution is 2.46. The smallest absolute Gasteiger partial charge is 0.349 e. The van der Waals surface area contributed by atoms with Crippen LogP contribution in [0.5, 0.6) is 0 Å². The first kappa shape index (κ1) is 10.2. The van der Waals surface area contributed by atoms with Crippen molar-refractivity contribution in [2.45, 2.75) is 18.8 Å². The van der Waals surface area contributed by atoms with E-state index < -0.39 is 4.92 Å². The minimum Gasteiger partial charge on any atom is -0.375 e. The molecule has 1 heterocycles. The number of nitrogens with two attached hydrogens (primary N) is 1. The van der Waals surface area contributed by atoms with Crippen molar-refractivity contribution in [2.75, 3.05) is 5.73 Å². The van der Waals surface area contributed by atoms with Crippen LogP contribution in [0.1, 0.15) is 24.5 Å². The van der Waals surface area contributed by atoms with E-state index in [1.807, 2.05) is 0 Å². The highest BCUT2D eigenvalue weighted by atomic mass is 35.5. The van der Waals surface area contributed by atoms with Gasteiger partial charge in [0.1, 0.15) is 5.69 Å². The molecule has 0 spiro atoms. The van der Waals surface area contributed by atoms with Gasteiger partial charge in [0.2, 0.25) is 0 Å². The van der Waals surface area contributed by atoms with Gasteiger partial charge in [0.05, 0.1) is 4.92 Å². The fraction of sp³-hybridized carbons (Fsp3) is 0.500. The number of thiazole rings is 1. The van der Waals surface area contributed by atoms with E-state index in [1.54, 1.807) is 0 Å². The third-order valence-electron chi connectivity index (χ3n) is 1.78. The molecule has 1 saturated carbocycles. The van der Waals surface area contributed by atoms with Gasteiger partial charge >= 0.3 is 5.00 Å². The summed E-state index contributed by atoms with van der Waals surface area (Å²) >= 11 is 0.958. The van der Waals surface area contributed by atoms with E-state index >= 15 is 0 Å². The Balaban J connectivity index is 0.000000845. The zero-order chi connectivity index (χ0) is 8.72. The van der Waals surface area contributed by atoms with Gasteiger partial charge in [0.15, 0.2) is 5.13 Å². The first-order chi connectivity index (χ1) is 5.68. The summed E-state index contributed by atoms with van der Waals surface area (Å²) in [6, 6.07) is 0. The van der Waals surface area contributed by atoms with Crippen molar-refractivity contribution in [1.29, 1.82) is 0 Å². The molecule has 0 aliphatic heterocycles. The Hall–Kier alpha value is -0.880. The molecule has 2 rings (SSSR count). The number of halogens is 1. The number of aromatic nitrogens is 1. The number of hydrogen-bond acceptors (Lipinski definition) is 5. The number of nitrogens with zero attached hydrogens (tertiary/aromatic N) is 2. The summed E-state index contributed by atoms with van der Waals surface area (Å²) in [6.45, 7) is 0. The quantitative estimate of drug-likeness (QED) is 0.611. The molecule has 0 aromatic carbocycles. The lowest BCUT2D eigenvalue weighted by molar-refractivity contribution is -0.381. The van der Waals surface area contributed by atoms with Crippen LogP contribution < -0.4 is 5.73 Å². The van der Waals surface area contributed by atoms with Gasteiger partial charge in [-0.2, -0.15) is 0 Å². The number of anilines is 1. The van der Waals surface area contributed by atoms with Crippen molar-refractivity contribution >= 4 is 33.9 Å². The summed E-state index contributed by atoms with van der Waals surface area (Å²) in [6.07, 6.45) is 2.01. The van der Waals surface area contributed by atoms with Crippen LogP contribution in [-0.2, 0) is 0 Å². The SMILES string of the molecule is Cl.Nc1nc(C2CC2)c([N+](=O)[O-])s1. The minimum atomic E-state index is -0.401. The molecule has 72 valence electrons. The average molecular weight is 222 g/mol. The summed E-state index contributed by atoms with van der Waals surface area (Å²) in [5, 5.41) is 10.9. The largest absolute Gasteiger partial charge is 0.375 e. The molecule has 1 aromatic heterocycles. The standard InChI is InChI=1S/C6H7N3O2S.ClH/c7-6-8-4(3-1-2-3)5(12-6)9(10)11;/h3H,1-2H2,(H2,7,8);1H. The molecule has 0 radical (unpaired) electrons. The molecule has 7 heteroatoms. The van der Waals surface area contributed by atoms with Crippen LogP contribution in [0.15, 0.2) is 0 Å². The second-order valence-corrected chi connectivity index (χ2v) is 3.78. The molecular weight excluding hydrogens is 214 g/mol. The Morgan fingerprint density at radius 3 is 2.69 bits per heavy atom. The number of nitro groups is 1. The Labute approximate surface area is 84.5 Å². The molecule has 5 nitrogen and oxygen atoms in total. The highest BCUT2D eigenvalue weighted by Gasteiger charge is 2.34. The van der Waals surface area contributed by atoms with E-state index in [1.165, 1.54) is 0 Å². The lowest BCUT2D eigenvalue weighted by atomic mass is 10.3. The Bertz CT molecular complexity index is 337. The number of nitrogen functional groups attached to an aromatic ring is 1. The first-order valence-electron chi connectivity index (χ1n) is 3.59. The molecule has 1 aliphatic carbocycles. The maximum absolute atomic E-state index is 10.5. The van der Waals surface area contributed by atoms with Crippen LogP contribution in [0.2, 0.25) is 0 Å². The summed E-state index contributed by atoms with van der Waals surface area (Å²) < 4.78 is 0. The van der Waals surface area contributed by atoms with Gasteiger partial charge in [0.25, 0.3) is 0 Å². The van der Waals surface area contributed by atoms with Crippen molar-refractivity contribution in [2.24, 2.45) is 0 Å². The zero-order valence-electron chi connectivity index (χ0n) is 6.60. The topological polar surface area (TPSA) is 82.0 Å². The van der Waals surface area contributed by atoms with Gasteiger partial charge in [-0.05, 0) is 24.2 Å². The fourth-order valence-electron chi connectivity index (χ4n) is 1.09. The van der Waals surface area contributed by atoms with Gasteiger partial charge in [-0.25, -0.2) is 4.98 Å². The van der Waals surface area contributed by atoms with E-state index in [-0.39, 0.29) is 17.4 Å². The number of rotatable bonds is 2. The van der Waals surface area contributed by atoms with Crippen molar-refractivity contribution in [3.05, 3.63) is 15.8 Å². The monoisotopic (exact) mass is 221 g/mol. The molecule has 2 N–H and O–H groups in total. The van der Waals surface area contributed by atoms with Crippen LogP contribution in [0.4, 0.5) is 10.1 Å². The Kier molecular flexibility index (Phi) is 2.72. The highest BCUT2D eigenvalue weighted by molar-refractivity contribution is 7.18. The van der Waals surface area contributed by atoms with Crippen LogP contribution in [0, 0.1) is 10.1 Å². The van der Waals surface area contributed by atoms with Gasteiger partial charge < -0.3 is 5.73 Å². The summed E-state index contributed by atoms with van der Waals surface area (Å²) in [7, 11) is 0. The summed E-state index contributed by atoms with van der Waals surface area (Å²) in [5.74, 6) is 0.291. The predicted octanol–water partition coefficient (Wildman–Crippen LogP) is 1.93. The molecule has 0 saturated heterocycles. The lowest BCUT2D eigenvalue weighted by Crippen LogP contribution is -1.90. The third kappa shape index (κ3) is 1.89. The molecular formula is C6H8ClN3O2S. The van der Waals surface area contributed by atoms with Crippen molar-refractivity contribution in [3.63, 3.8) is 0 Å². The normalized spacial score (nSPS) is 15.1. The molecule has 0 atom stereocenters. The second kappa shape index (κ2) is 3.47. The molecule has 13 heavy (non-hydrogen) atoms. The van der Waals surface area contributed by atoms with Gasteiger partial charge in [-0.15, -0.1) is 12.4 Å². The minimum absolute atomic E-state index is 0. The first-order valence-corrected chi connectivity index (χ1v) is 4.40. The number of hydrogen-bond donors (Lipinski definition) is 1. The van der Waals surface area contributed by atoms with Crippen LogP contribution in [-0.4, -0.2) is 9.91 Å². The third-order valence-corrected chi connectivity index (χ3v) is 2.63. The van der Waals surface area contributed by atoms with E-state index in [0.29, 0.717) is 16.7 Å². The molecule has 0 amide bonds. The fourth-order valence-corrected chi connectivity index (χ4v) is 1.83. The predicted molar refractivity (Wildman–Crippen MR) is 52.4 cm³/mol. The van der Waals surface area contributed by atoms with Crippen LogP contribution in [0.3, 0.4) is 0 Å². The van der Waals surface area contributed by atoms with E-state index in [9.17, 15) is 10.1 Å². The summed E-state index contributed by atoms with van der Waals surface area (Å²) in [4.78, 5) is 14.0. The Morgan fingerprint density at radius 2 is 2.23 bits per heavy atom. The van der Waals surface area contributed by atoms with Crippen LogP contribution >= 0.6 is 23.7 Å². The molecule has 1 fully saturated rings. The van der Waals surface area contributed by atoms with E-state index in [4.69, 9.17) is 5.73 Å². The van der Waals surface area contributed by atoms with Crippen LogP contribution in [0.25, 0.3) is 0 Å². The molecule has 0 unspecified atom stereocenters. The maximum Gasteiger partial charge on any atom is 0.349 e. The lowest BCUT2D eigenvalue weighted by Gasteiger charge is -1.87. The van der Waals surface area contributed by atoms with Gasteiger partial charge in [0, 0.05) is 5.92 Å². The maximum atomic E-state index is 10.5. The molecule has 1 aliphatic rings. The van der Waals surface area contributed by atoms with Gasteiger partial charge in [-0.3, -0.25) is 10.1 Å². The van der Waals surface area contributed by atoms with E-state index in [2.05, 4.69) is 4.98 Å². The molecule has 0 bridgehead atoms.